The van der Waals surface area contributed by atoms with Crippen LogP contribution in [0.4, 0.5) is 5.82 Å². The fourth-order valence-corrected chi connectivity index (χ4v) is 2.92. The summed E-state index contributed by atoms with van der Waals surface area (Å²) in [7, 11) is 0. The molecule has 1 aromatic heterocycles. The Bertz CT molecular complexity index is 660. The van der Waals surface area contributed by atoms with Crippen LogP contribution in [0.1, 0.15) is 24.1 Å². The Balaban J connectivity index is 1.84. The molecule has 1 aliphatic heterocycles. The minimum Gasteiger partial charge on any atom is -0.381 e. The minimum absolute atomic E-state index is 0.00373. The Labute approximate surface area is 130 Å². The van der Waals surface area contributed by atoms with E-state index in [-0.39, 0.29) is 5.41 Å². The summed E-state index contributed by atoms with van der Waals surface area (Å²) >= 11 is 0. The summed E-state index contributed by atoms with van der Waals surface area (Å²) in [6, 6.07) is 12.6. The van der Waals surface area contributed by atoms with E-state index >= 15 is 0 Å². The third-order valence-electron chi connectivity index (χ3n) is 4.23. The topological polar surface area (TPSA) is 70.8 Å². The van der Waals surface area contributed by atoms with Crippen LogP contribution in [-0.4, -0.2) is 29.7 Å². The Kier molecular flexibility index (Phi) is 4.31. The Morgan fingerprint density at radius 2 is 1.86 bits per heavy atom. The van der Waals surface area contributed by atoms with Crippen LogP contribution in [0, 0.1) is 11.3 Å². The second kappa shape index (κ2) is 6.54. The monoisotopic (exact) mass is 294 g/mol. The van der Waals surface area contributed by atoms with Gasteiger partial charge in [0.05, 0.1) is 0 Å². The van der Waals surface area contributed by atoms with Gasteiger partial charge in [-0.1, -0.05) is 30.3 Å². The number of hydrogen-bond acceptors (Lipinski definition) is 5. The number of aromatic nitrogens is 2. The summed E-state index contributed by atoms with van der Waals surface area (Å²) in [5.74, 6) is 0.548. The first-order chi connectivity index (χ1) is 10.8. The quantitative estimate of drug-likeness (QED) is 0.938. The lowest BCUT2D eigenvalue weighted by atomic mass is 9.74. The van der Waals surface area contributed by atoms with Crippen molar-refractivity contribution < 1.29 is 4.74 Å². The van der Waals surface area contributed by atoms with Gasteiger partial charge in [-0.2, -0.15) is 5.26 Å². The first kappa shape index (κ1) is 14.5. The normalized spacial score (nSPS) is 16.7. The van der Waals surface area contributed by atoms with E-state index in [1.165, 1.54) is 11.8 Å². The van der Waals surface area contributed by atoms with Crippen LogP contribution in [-0.2, 0) is 10.2 Å². The van der Waals surface area contributed by atoms with Crippen molar-refractivity contribution in [1.82, 2.24) is 9.97 Å². The SMILES string of the molecule is N#Cc1nccnc1NCC1(c2ccccc2)CCOCC1. The maximum Gasteiger partial charge on any atom is 0.182 e. The molecule has 5 heteroatoms. The minimum atomic E-state index is 0.00373. The lowest BCUT2D eigenvalue weighted by Crippen LogP contribution is -2.40. The number of hydrogen-bond donors (Lipinski definition) is 1. The summed E-state index contributed by atoms with van der Waals surface area (Å²) < 4.78 is 5.54. The summed E-state index contributed by atoms with van der Waals surface area (Å²) in [6.07, 6.45) is 5.03. The van der Waals surface area contributed by atoms with Gasteiger partial charge in [0.25, 0.3) is 0 Å². The highest BCUT2D eigenvalue weighted by Crippen LogP contribution is 2.35. The molecule has 0 unspecified atom stereocenters. The van der Waals surface area contributed by atoms with Gasteiger partial charge >= 0.3 is 0 Å². The summed E-state index contributed by atoms with van der Waals surface area (Å²) in [5, 5.41) is 12.4. The van der Waals surface area contributed by atoms with E-state index in [0.29, 0.717) is 18.1 Å². The Hall–Kier alpha value is -2.45. The maximum atomic E-state index is 9.12. The largest absolute Gasteiger partial charge is 0.381 e. The summed E-state index contributed by atoms with van der Waals surface area (Å²) in [4.78, 5) is 8.28. The van der Waals surface area contributed by atoms with E-state index in [2.05, 4.69) is 45.6 Å². The standard InChI is InChI=1S/C17H18N4O/c18-12-15-16(20-9-8-19-15)21-13-17(6-10-22-11-7-17)14-4-2-1-3-5-14/h1-5,8-9H,6-7,10-11,13H2,(H,20,21). The van der Waals surface area contributed by atoms with Gasteiger partial charge in [0.2, 0.25) is 0 Å². The van der Waals surface area contributed by atoms with E-state index in [4.69, 9.17) is 10.00 Å². The van der Waals surface area contributed by atoms with Gasteiger partial charge in [-0.15, -0.1) is 0 Å². The van der Waals surface area contributed by atoms with Crippen LogP contribution in [0.2, 0.25) is 0 Å². The van der Waals surface area contributed by atoms with Crippen LogP contribution in [0.5, 0.6) is 0 Å². The molecule has 0 aliphatic carbocycles. The fourth-order valence-electron chi connectivity index (χ4n) is 2.92. The van der Waals surface area contributed by atoms with Gasteiger partial charge in [-0.25, -0.2) is 9.97 Å². The number of ether oxygens (including phenoxy) is 1. The molecule has 1 aliphatic rings. The van der Waals surface area contributed by atoms with E-state index < -0.39 is 0 Å². The zero-order valence-electron chi connectivity index (χ0n) is 12.3. The second-order valence-corrected chi connectivity index (χ2v) is 5.48. The number of nitrogens with one attached hydrogen (secondary N) is 1. The number of rotatable bonds is 4. The highest BCUT2D eigenvalue weighted by atomic mass is 16.5. The molecule has 22 heavy (non-hydrogen) atoms. The van der Waals surface area contributed by atoms with E-state index in [0.717, 1.165) is 26.1 Å². The highest BCUT2D eigenvalue weighted by molar-refractivity contribution is 5.47. The van der Waals surface area contributed by atoms with Gasteiger partial charge in [-0.05, 0) is 18.4 Å². The van der Waals surface area contributed by atoms with Crippen LogP contribution in [0.25, 0.3) is 0 Å². The van der Waals surface area contributed by atoms with Crippen molar-refractivity contribution in [2.24, 2.45) is 0 Å². The molecular weight excluding hydrogens is 276 g/mol. The molecule has 0 spiro atoms. The molecule has 3 rings (SSSR count). The molecule has 0 atom stereocenters. The molecule has 5 nitrogen and oxygen atoms in total. The molecule has 0 bridgehead atoms. The average molecular weight is 294 g/mol. The third kappa shape index (κ3) is 2.92. The van der Waals surface area contributed by atoms with Crippen LogP contribution in [0.3, 0.4) is 0 Å². The summed E-state index contributed by atoms with van der Waals surface area (Å²) in [6.45, 7) is 2.22. The molecule has 1 fully saturated rings. The van der Waals surface area contributed by atoms with Crippen molar-refractivity contribution in [3.8, 4) is 6.07 Å². The molecule has 1 aromatic carbocycles. The van der Waals surface area contributed by atoms with Gasteiger partial charge in [0, 0.05) is 37.6 Å². The molecule has 2 aromatic rings. The third-order valence-corrected chi connectivity index (χ3v) is 4.23. The highest BCUT2D eigenvalue weighted by Gasteiger charge is 2.34. The summed E-state index contributed by atoms with van der Waals surface area (Å²) in [5.41, 5.74) is 1.63. The molecule has 1 N–H and O–H groups in total. The van der Waals surface area contributed by atoms with Gasteiger partial charge < -0.3 is 10.1 Å². The smallest absolute Gasteiger partial charge is 0.182 e. The molecule has 0 saturated carbocycles. The van der Waals surface area contributed by atoms with Crippen molar-refractivity contribution in [3.63, 3.8) is 0 Å². The van der Waals surface area contributed by atoms with Gasteiger partial charge in [-0.3, -0.25) is 0 Å². The van der Waals surface area contributed by atoms with Gasteiger partial charge in [0.15, 0.2) is 11.5 Å². The Morgan fingerprint density at radius 1 is 1.14 bits per heavy atom. The van der Waals surface area contributed by atoms with Crippen molar-refractivity contribution in [3.05, 3.63) is 54.0 Å². The number of anilines is 1. The second-order valence-electron chi connectivity index (χ2n) is 5.48. The van der Waals surface area contributed by atoms with Crippen molar-refractivity contribution >= 4 is 5.82 Å². The average Bonchev–Trinajstić information content (AvgIpc) is 2.62. The zero-order valence-corrected chi connectivity index (χ0v) is 12.3. The fraction of sp³-hybridized carbons (Fsp3) is 0.353. The first-order valence-electron chi connectivity index (χ1n) is 7.42. The zero-order chi connectivity index (χ0) is 15.3. The van der Waals surface area contributed by atoms with Crippen molar-refractivity contribution in [2.75, 3.05) is 25.1 Å². The molecule has 0 amide bonds. The number of nitriles is 1. The lowest BCUT2D eigenvalue weighted by molar-refractivity contribution is 0.0543. The van der Waals surface area contributed by atoms with Crippen molar-refractivity contribution in [1.29, 1.82) is 5.26 Å². The van der Waals surface area contributed by atoms with Crippen LogP contribution < -0.4 is 5.32 Å². The molecule has 2 heterocycles. The molecule has 1 saturated heterocycles. The predicted octanol–water partition coefficient (Wildman–Crippen LogP) is 2.51. The van der Waals surface area contributed by atoms with Crippen LogP contribution in [0.15, 0.2) is 42.7 Å². The van der Waals surface area contributed by atoms with Crippen LogP contribution >= 0.6 is 0 Å². The van der Waals surface area contributed by atoms with E-state index in [9.17, 15) is 0 Å². The molecule has 0 radical (unpaired) electrons. The van der Waals surface area contributed by atoms with Crippen molar-refractivity contribution in [2.45, 2.75) is 18.3 Å². The predicted molar refractivity (Wildman–Crippen MR) is 83.4 cm³/mol. The number of nitrogens with zero attached hydrogens (tertiary/aromatic N) is 3. The van der Waals surface area contributed by atoms with Gasteiger partial charge in [0.1, 0.15) is 6.07 Å². The Morgan fingerprint density at radius 3 is 2.59 bits per heavy atom. The molecular formula is C17H18N4O. The molecule has 112 valence electrons. The van der Waals surface area contributed by atoms with E-state index in [1.54, 1.807) is 6.20 Å². The number of benzene rings is 1. The van der Waals surface area contributed by atoms with E-state index in [1.807, 2.05) is 6.07 Å². The maximum absolute atomic E-state index is 9.12. The first-order valence-corrected chi connectivity index (χ1v) is 7.42. The lowest BCUT2D eigenvalue weighted by Gasteiger charge is -2.38.